The van der Waals surface area contributed by atoms with Crippen LogP contribution in [-0.2, 0) is 16.6 Å². The van der Waals surface area contributed by atoms with E-state index in [4.69, 9.17) is 16.3 Å². The Kier molecular flexibility index (Phi) is 6.64. The third-order valence-corrected chi connectivity index (χ3v) is 6.00. The van der Waals surface area contributed by atoms with Crippen molar-refractivity contribution in [1.82, 2.24) is 4.90 Å². The van der Waals surface area contributed by atoms with Gasteiger partial charge in [0, 0.05) is 29.9 Å². The van der Waals surface area contributed by atoms with Crippen molar-refractivity contribution >= 4 is 33.2 Å². The summed E-state index contributed by atoms with van der Waals surface area (Å²) >= 11 is 6.00. The van der Waals surface area contributed by atoms with Crippen molar-refractivity contribution in [2.24, 2.45) is 0 Å². The number of sulfonamides is 1. The number of nitrogens with zero attached hydrogens (tertiary/aromatic N) is 1. The molecule has 3 aromatic carbocycles. The van der Waals surface area contributed by atoms with Crippen LogP contribution in [0.25, 0.3) is 0 Å². The summed E-state index contributed by atoms with van der Waals surface area (Å²) in [6.45, 7) is 0.348. The zero-order chi connectivity index (χ0) is 21.7. The number of benzene rings is 3. The fraction of sp³-hybridized carbons (Fsp3) is 0.136. The summed E-state index contributed by atoms with van der Waals surface area (Å²) in [4.78, 5) is 14.3. The molecule has 0 saturated carbocycles. The first-order valence-corrected chi connectivity index (χ1v) is 10.9. The van der Waals surface area contributed by atoms with Crippen LogP contribution in [0.3, 0.4) is 0 Å². The van der Waals surface area contributed by atoms with Gasteiger partial charge in [-0.25, -0.2) is 8.42 Å². The van der Waals surface area contributed by atoms with E-state index in [0.29, 0.717) is 23.0 Å². The summed E-state index contributed by atoms with van der Waals surface area (Å²) in [6, 6.07) is 19.7. The van der Waals surface area contributed by atoms with Crippen LogP contribution in [0, 0.1) is 0 Å². The van der Waals surface area contributed by atoms with Crippen molar-refractivity contribution in [1.29, 1.82) is 0 Å². The van der Waals surface area contributed by atoms with E-state index in [1.165, 1.54) is 24.1 Å². The lowest BCUT2D eigenvalue weighted by atomic mass is 10.1. The molecule has 0 fully saturated rings. The highest BCUT2D eigenvalue weighted by Gasteiger charge is 2.18. The van der Waals surface area contributed by atoms with Gasteiger partial charge in [0.05, 0.1) is 12.0 Å². The van der Waals surface area contributed by atoms with Gasteiger partial charge in [-0.05, 0) is 60.2 Å². The molecular weight excluding hydrogens is 424 g/mol. The lowest BCUT2D eigenvalue weighted by Gasteiger charge is -2.18. The van der Waals surface area contributed by atoms with Crippen LogP contribution < -0.4 is 9.46 Å². The van der Waals surface area contributed by atoms with Gasteiger partial charge in [0.2, 0.25) is 0 Å². The zero-order valence-corrected chi connectivity index (χ0v) is 18.1. The third kappa shape index (κ3) is 5.31. The molecule has 6 nitrogen and oxygen atoms in total. The summed E-state index contributed by atoms with van der Waals surface area (Å²) in [6.07, 6.45) is 0. The standard InChI is InChI=1S/C22H21ClN2O4S/c1-25(15-16-5-3-7-18(23)13-16)22(26)17-6-4-8-21(14-17)30(27,28)24-19-9-11-20(29-2)12-10-19/h3-14,24H,15H2,1-2H3. The van der Waals surface area contributed by atoms with Gasteiger partial charge in [0.15, 0.2) is 0 Å². The lowest BCUT2D eigenvalue weighted by Crippen LogP contribution is -2.26. The lowest BCUT2D eigenvalue weighted by molar-refractivity contribution is 0.0785. The van der Waals surface area contributed by atoms with E-state index in [9.17, 15) is 13.2 Å². The number of methoxy groups -OCH3 is 1. The van der Waals surface area contributed by atoms with E-state index in [0.717, 1.165) is 5.56 Å². The smallest absolute Gasteiger partial charge is 0.261 e. The second kappa shape index (κ2) is 9.19. The highest BCUT2D eigenvalue weighted by Crippen LogP contribution is 2.21. The predicted molar refractivity (Wildman–Crippen MR) is 117 cm³/mol. The van der Waals surface area contributed by atoms with Crippen molar-refractivity contribution in [3.63, 3.8) is 0 Å². The summed E-state index contributed by atoms with van der Waals surface area (Å²) < 4.78 is 33.1. The van der Waals surface area contributed by atoms with E-state index in [-0.39, 0.29) is 16.4 Å². The van der Waals surface area contributed by atoms with E-state index in [2.05, 4.69) is 4.72 Å². The Hall–Kier alpha value is -3.03. The van der Waals surface area contributed by atoms with Crippen molar-refractivity contribution in [3.05, 3.63) is 88.9 Å². The fourth-order valence-corrected chi connectivity index (χ4v) is 4.19. The van der Waals surface area contributed by atoms with Crippen molar-refractivity contribution in [3.8, 4) is 5.75 Å². The van der Waals surface area contributed by atoms with E-state index < -0.39 is 10.0 Å². The molecular formula is C22H21ClN2O4S. The van der Waals surface area contributed by atoms with Gasteiger partial charge < -0.3 is 9.64 Å². The monoisotopic (exact) mass is 444 g/mol. The Morgan fingerprint density at radius 1 is 1.03 bits per heavy atom. The van der Waals surface area contributed by atoms with Crippen molar-refractivity contribution in [2.75, 3.05) is 18.9 Å². The fourth-order valence-electron chi connectivity index (χ4n) is 2.87. The molecule has 0 heterocycles. The van der Waals surface area contributed by atoms with Gasteiger partial charge in [-0.1, -0.05) is 29.8 Å². The molecule has 1 amide bonds. The van der Waals surface area contributed by atoms with Gasteiger partial charge in [-0.2, -0.15) is 0 Å². The number of carbonyl (C=O) groups excluding carboxylic acids is 1. The zero-order valence-electron chi connectivity index (χ0n) is 16.5. The molecule has 0 aliphatic rings. The van der Waals surface area contributed by atoms with Gasteiger partial charge >= 0.3 is 0 Å². The SMILES string of the molecule is COc1ccc(NS(=O)(=O)c2cccc(C(=O)N(C)Cc3cccc(Cl)c3)c2)cc1. The number of nitrogens with one attached hydrogen (secondary N) is 1. The maximum Gasteiger partial charge on any atom is 0.261 e. The van der Waals surface area contributed by atoms with E-state index in [1.807, 2.05) is 12.1 Å². The Morgan fingerprint density at radius 2 is 1.73 bits per heavy atom. The van der Waals surface area contributed by atoms with Crippen LogP contribution in [0.4, 0.5) is 5.69 Å². The summed E-state index contributed by atoms with van der Waals surface area (Å²) in [5.41, 5.74) is 1.55. The molecule has 0 aliphatic carbocycles. The first-order valence-electron chi connectivity index (χ1n) is 9.05. The molecule has 8 heteroatoms. The van der Waals surface area contributed by atoms with Crippen LogP contribution >= 0.6 is 11.6 Å². The van der Waals surface area contributed by atoms with Crippen LogP contribution in [0.15, 0.2) is 77.7 Å². The molecule has 3 aromatic rings. The minimum Gasteiger partial charge on any atom is -0.497 e. The van der Waals surface area contributed by atoms with Crippen LogP contribution in [-0.4, -0.2) is 33.4 Å². The highest BCUT2D eigenvalue weighted by atomic mass is 35.5. The largest absolute Gasteiger partial charge is 0.497 e. The molecule has 30 heavy (non-hydrogen) atoms. The molecule has 0 saturated heterocycles. The molecule has 156 valence electrons. The van der Waals surface area contributed by atoms with Gasteiger partial charge in [-0.3, -0.25) is 9.52 Å². The summed E-state index contributed by atoms with van der Waals surface area (Å²) in [7, 11) is -0.673. The van der Waals surface area contributed by atoms with Gasteiger partial charge in [0.25, 0.3) is 15.9 Å². The molecule has 1 N–H and O–H groups in total. The normalized spacial score (nSPS) is 11.0. The number of hydrogen-bond acceptors (Lipinski definition) is 4. The molecule has 0 aliphatic heterocycles. The number of ether oxygens (including phenoxy) is 1. The molecule has 0 spiro atoms. The van der Waals surface area contributed by atoms with E-state index >= 15 is 0 Å². The van der Waals surface area contributed by atoms with Gasteiger partial charge in [-0.15, -0.1) is 0 Å². The number of carbonyl (C=O) groups is 1. The van der Waals surface area contributed by atoms with Crippen molar-refractivity contribution in [2.45, 2.75) is 11.4 Å². The molecule has 0 atom stereocenters. The van der Waals surface area contributed by atoms with Crippen LogP contribution in [0.2, 0.25) is 5.02 Å². The highest BCUT2D eigenvalue weighted by molar-refractivity contribution is 7.92. The quantitative estimate of drug-likeness (QED) is 0.585. The molecule has 0 unspecified atom stereocenters. The average Bonchev–Trinajstić information content (AvgIpc) is 2.73. The number of rotatable bonds is 7. The number of halogens is 1. The predicted octanol–water partition coefficient (Wildman–Crippen LogP) is 4.42. The number of hydrogen-bond donors (Lipinski definition) is 1. The molecule has 0 aromatic heterocycles. The van der Waals surface area contributed by atoms with Crippen molar-refractivity contribution < 1.29 is 17.9 Å². The molecule has 3 rings (SSSR count). The topological polar surface area (TPSA) is 75.7 Å². The Labute approximate surface area is 181 Å². The minimum atomic E-state index is -3.86. The molecule has 0 bridgehead atoms. The third-order valence-electron chi connectivity index (χ3n) is 4.39. The Balaban J connectivity index is 1.77. The molecule has 0 radical (unpaired) electrons. The van der Waals surface area contributed by atoms with Crippen LogP contribution in [0.1, 0.15) is 15.9 Å². The van der Waals surface area contributed by atoms with Crippen LogP contribution in [0.5, 0.6) is 5.75 Å². The Morgan fingerprint density at radius 3 is 2.40 bits per heavy atom. The minimum absolute atomic E-state index is 0.000300. The Bertz CT molecular complexity index is 1150. The summed E-state index contributed by atoms with van der Waals surface area (Å²) in [5.74, 6) is 0.324. The maximum absolute atomic E-state index is 12.8. The summed E-state index contributed by atoms with van der Waals surface area (Å²) in [5, 5.41) is 0.589. The number of amides is 1. The maximum atomic E-state index is 12.8. The van der Waals surface area contributed by atoms with Gasteiger partial charge in [0.1, 0.15) is 5.75 Å². The second-order valence-corrected chi connectivity index (χ2v) is 8.77. The number of anilines is 1. The average molecular weight is 445 g/mol. The first kappa shape index (κ1) is 21.7. The second-order valence-electron chi connectivity index (χ2n) is 6.65. The van der Waals surface area contributed by atoms with E-state index in [1.54, 1.807) is 55.6 Å². The first-order chi connectivity index (χ1) is 14.3.